The van der Waals surface area contributed by atoms with Crippen molar-refractivity contribution in [3.05, 3.63) is 72.4 Å². The van der Waals surface area contributed by atoms with E-state index in [1.165, 1.54) is 14.2 Å². The second-order valence-corrected chi connectivity index (χ2v) is 8.43. The summed E-state index contributed by atoms with van der Waals surface area (Å²) >= 11 is 0. The van der Waals surface area contributed by atoms with Crippen LogP contribution in [0.3, 0.4) is 0 Å². The van der Waals surface area contributed by atoms with Gasteiger partial charge in [0.1, 0.15) is 0 Å². The molecule has 0 radical (unpaired) electrons. The number of carbonyl (C=O) groups excluding carboxylic acids is 2. The molecule has 2 aromatic carbocycles. The Bertz CT molecular complexity index is 786. The SMILES string of the molecule is COC(=O)/C=C(/N=P(C)(c1ccccc1)c1ccccc1)C(=O)OC. The van der Waals surface area contributed by atoms with E-state index in [9.17, 15) is 9.59 Å². The van der Waals surface area contributed by atoms with E-state index in [1.54, 1.807) is 0 Å². The standard InChI is InChI=1S/C19H20NO4P/c1-23-18(21)14-17(19(22)24-2)20-25(3,15-10-6-4-7-11-15)16-12-8-5-9-13-16/h4-14H,1-3H3/b17-14+. The van der Waals surface area contributed by atoms with Crippen LogP contribution in [0.4, 0.5) is 0 Å². The molecule has 0 aromatic heterocycles. The van der Waals surface area contributed by atoms with Gasteiger partial charge < -0.3 is 9.47 Å². The Labute approximate surface area is 147 Å². The number of methoxy groups -OCH3 is 2. The summed E-state index contributed by atoms with van der Waals surface area (Å²) in [6.45, 7) is 1.99. The molecule has 2 aromatic rings. The van der Waals surface area contributed by atoms with Crippen LogP contribution in [0.25, 0.3) is 0 Å². The lowest BCUT2D eigenvalue weighted by molar-refractivity contribution is -0.138. The summed E-state index contributed by atoms with van der Waals surface area (Å²) in [4.78, 5) is 23.8. The number of hydrogen-bond acceptors (Lipinski definition) is 5. The van der Waals surface area contributed by atoms with E-state index in [0.29, 0.717) is 0 Å². The van der Waals surface area contributed by atoms with Crippen LogP contribution in [0.5, 0.6) is 0 Å². The Kier molecular flexibility index (Phi) is 6.31. The summed E-state index contributed by atoms with van der Waals surface area (Å²) in [7, 11) is 0.184. The van der Waals surface area contributed by atoms with Gasteiger partial charge in [-0.2, -0.15) is 0 Å². The molecule has 0 aliphatic rings. The molecule has 0 amide bonds. The van der Waals surface area contributed by atoms with Crippen molar-refractivity contribution in [3.8, 4) is 0 Å². The van der Waals surface area contributed by atoms with Gasteiger partial charge in [-0.05, 0) is 17.3 Å². The fourth-order valence-corrected chi connectivity index (χ4v) is 4.93. The first-order valence-corrected chi connectivity index (χ1v) is 9.79. The zero-order valence-corrected chi connectivity index (χ0v) is 15.3. The van der Waals surface area contributed by atoms with E-state index in [1.807, 2.05) is 67.3 Å². The normalized spacial score (nSPS) is 11.6. The van der Waals surface area contributed by atoms with E-state index in [0.717, 1.165) is 16.7 Å². The topological polar surface area (TPSA) is 65.0 Å². The van der Waals surface area contributed by atoms with Crippen LogP contribution >= 0.6 is 7.05 Å². The number of carbonyl (C=O) groups is 2. The summed E-state index contributed by atoms with van der Waals surface area (Å²) < 4.78 is 14.1. The van der Waals surface area contributed by atoms with Gasteiger partial charge in [-0.15, -0.1) is 0 Å². The fraction of sp³-hybridized carbons (Fsp3) is 0.158. The Hall–Kier alpha value is -2.65. The van der Waals surface area contributed by atoms with Gasteiger partial charge in [0.2, 0.25) is 0 Å². The molecule has 0 aliphatic heterocycles. The van der Waals surface area contributed by atoms with Gasteiger partial charge in [-0.25, -0.2) is 9.59 Å². The van der Waals surface area contributed by atoms with Crippen molar-refractivity contribution in [2.75, 3.05) is 20.9 Å². The molecule has 0 unspecified atom stereocenters. The van der Waals surface area contributed by atoms with Crippen molar-refractivity contribution in [2.45, 2.75) is 0 Å². The molecule has 0 N–H and O–H groups in total. The van der Waals surface area contributed by atoms with Gasteiger partial charge in [0.15, 0.2) is 5.70 Å². The van der Waals surface area contributed by atoms with Gasteiger partial charge in [-0.1, -0.05) is 60.7 Å². The third-order valence-electron chi connectivity index (χ3n) is 3.68. The van der Waals surface area contributed by atoms with E-state index in [4.69, 9.17) is 9.48 Å². The zero-order chi connectivity index (χ0) is 18.3. The molecular weight excluding hydrogens is 337 g/mol. The van der Waals surface area contributed by atoms with Crippen molar-refractivity contribution in [1.29, 1.82) is 0 Å². The number of rotatable bonds is 5. The third kappa shape index (κ3) is 4.46. The van der Waals surface area contributed by atoms with Crippen LogP contribution in [0.2, 0.25) is 0 Å². The smallest absolute Gasteiger partial charge is 0.356 e. The molecule has 130 valence electrons. The highest BCUT2D eigenvalue weighted by Gasteiger charge is 2.22. The maximum Gasteiger partial charge on any atom is 0.356 e. The van der Waals surface area contributed by atoms with Gasteiger partial charge >= 0.3 is 11.9 Å². The lowest BCUT2D eigenvalue weighted by atomic mass is 10.4. The number of ether oxygens (including phenoxy) is 2. The predicted octanol–water partition coefficient (Wildman–Crippen LogP) is 2.70. The van der Waals surface area contributed by atoms with Crippen LogP contribution in [-0.2, 0) is 19.1 Å². The van der Waals surface area contributed by atoms with Crippen molar-refractivity contribution < 1.29 is 19.1 Å². The average molecular weight is 357 g/mol. The number of nitrogens with zero attached hydrogens (tertiary/aromatic N) is 1. The predicted molar refractivity (Wildman–Crippen MR) is 99.5 cm³/mol. The summed E-state index contributed by atoms with van der Waals surface area (Å²) in [5.74, 6) is -1.33. The van der Waals surface area contributed by atoms with Crippen molar-refractivity contribution >= 4 is 29.6 Å². The zero-order valence-electron chi connectivity index (χ0n) is 14.4. The first kappa shape index (κ1) is 18.7. The van der Waals surface area contributed by atoms with E-state index in [2.05, 4.69) is 4.74 Å². The third-order valence-corrected chi connectivity index (χ3v) is 6.90. The Morgan fingerprint density at radius 2 is 1.36 bits per heavy atom. The van der Waals surface area contributed by atoms with E-state index >= 15 is 0 Å². The molecule has 25 heavy (non-hydrogen) atoms. The first-order chi connectivity index (χ1) is 12.0. The van der Waals surface area contributed by atoms with Crippen molar-refractivity contribution in [2.24, 2.45) is 4.74 Å². The van der Waals surface area contributed by atoms with Gasteiger partial charge in [0.25, 0.3) is 0 Å². The molecule has 0 saturated carbocycles. The first-order valence-electron chi connectivity index (χ1n) is 7.60. The molecule has 0 bridgehead atoms. The Morgan fingerprint density at radius 3 is 1.76 bits per heavy atom. The monoisotopic (exact) mass is 357 g/mol. The van der Waals surface area contributed by atoms with Crippen LogP contribution in [-0.4, -0.2) is 32.8 Å². The van der Waals surface area contributed by atoms with Gasteiger partial charge in [-0.3, -0.25) is 4.74 Å². The van der Waals surface area contributed by atoms with E-state index in [-0.39, 0.29) is 5.70 Å². The highest BCUT2D eigenvalue weighted by Crippen LogP contribution is 2.44. The number of benzene rings is 2. The summed E-state index contributed by atoms with van der Waals surface area (Å²) in [6.07, 6.45) is 1.07. The lowest BCUT2D eigenvalue weighted by Gasteiger charge is -2.21. The van der Waals surface area contributed by atoms with Crippen LogP contribution in [0, 0.1) is 0 Å². The molecule has 0 saturated heterocycles. The number of hydrogen-bond donors (Lipinski definition) is 0. The molecule has 0 heterocycles. The van der Waals surface area contributed by atoms with Gasteiger partial charge in [0.05, 0.1) is 20.3 Å². The summed E-state index contributed by atoms with van der Waals surface area (Å²) in [5, 5.41) is 1.97. The largest absolute Gasteiger partial charge is 0.466 e. The highest BCUT2D eigenvalue weighted by molar-refractivity contribution is 7.80. The molecule has 2 rings (SSSR count). The minimum atomic E-state index is -2.32. The highest BCUT2D eigenvalue weighted by atomic mass is 31.2. The summed E-state index contributed by atoms with van der Waals surface area (Å²) in [5.41, 5.74) is -0.0575. The van der Waals surface area contributed by atoms with Crippen LogP contribution in [0.1, 0.15) is 0 Å². The summed E-state index contributed by atoms with van der Waals surface area (Å²) in [6, 6.07) is 19.4. The maximum absolute atomic E-state index is 12.1. The quantitative estimate of drug-likeness (QED) is 0.469. The van der Waals surface area contributed by atoms with Crippen molar-refractivity contribution in [1.82, 2.24) is 0 Å². The molecule has 0 aliphatic carbocycles. The second kappa shape index (κ2) is 8.45. The molecule has 0 spiro atoms. The van der Waals surface area contributed by atoms with Crippen LogP contribution < -0.4 is 10.6 Å². The van der Waals surface area contributed by atoms with Crippen molar-refractivity contribution in [3.63, 3.8) is 0 Å². The van der Waals surface area contributed by atoms with Crippen LogP contribution in [0.15, 0.2) is 77.2 Å². The van der Waals surface area contributed by atoms with Gasteiger partial charge in [0, 0.05) is 7.05 Å². The van der Waals surface area contributed by atoms with E-state index < -0.39 is 19.0 Å². The Balaban J connectivity index is 2.73. The lowest BCUT2D eigenvalue weighted by Crippen LogP contribution is -2.17. The molecule has 5 nitrogen and oxygen atoms in total. The molecule has 6 heteroatoms. The average Bonchev–Trinajstić information content (AvgIpc) is 2.67. The Morgan fingerprint density at radius 1 is 0.880 bits per heavy atom. The molecule has 0 fully saturated rings. The fourth-order valence-electron chi connectivity index (χ4n) is 2.32. The molecular formula is C19H20NO4P. The maximum atomic E-state index is 12.1. The second-order valence-electron chi connectivity index (χ2n) is 5.27. The molecule has 0 atom stereocenters. The number of esters is 2. The minimum absolute atomic E-state index is 0.0575. The minimum Gasteiger partial charge on any atom is -0.466 e.